The third-order valence-corrected chi connectivity index (χ3v) is 4.75. The molecular formula is C16H22N4O4. The van der Waals surface area contributed by atoms with Crippen molar-refractivity contribution in [1.82, 2.24) is 15.1 Å². The highest BCUT2D eigenvalue weighted by atomic mass is 16.6. The Morgan fingerprint density at radius 1 is 1.33 bits per heavy atom. The average Bonchev–Trinajstić information content (AvgIpc) is 3.11. The van der Waals surface area contributed by atoms with Crippen LogP contribution in [0.2, 0.25) is 0 Å². The maximum absolute atomic E-state index is 12.8. The van der Waals surface area contributed by atoms with Crippen molar-refractivity contribution in [3.8, 4) is 5.75 Å². The molecule has 0 spiro atoms. The number of hydrogen-bond acceptors (Lipinski definition) is 6. The maximum atomic E-state index is 12.8. The fourth-order valence-electron chi connectivity index (χ4n) is 3.41. The number of nitro groups is 1. The van der Waals surface area contributed by atoms with Crippen LogP contribution < -0.4 is 10.1 Å². The third-order valence-electron chi connectivity index (χ3n) is 4.75. The molecule has 1 aromatic carbocycles. The number of piperazine rings is 1. The van der Waals surface area contributed by atoms with E-state index in [9.17, 15) is 14.9 Å². The molecule has 130 valence electrons. The summed E-state index contributed by atoms with van der Waals surface area (Å²) in [5.74, 6) is 0.153. The number of nitrogens with one attached hydrogen (secondary N) is 1. The van der Waals surface area contributed by atoms with Gasteiger partial charge in [0.1, 0.15) is 11.3 Å². The molecule has 0 bridgehead atoms. The monoisotopic (exact) mass is 334 g/mol. The Kier molecular flexibility index (Phi) is 4.96. The number of rotatable bonds is 4. The summed E-state index contributed by atoms with van der Waals surface area (Å²) in [5.41, 5.74) is -0.0771. The van der Waals surface area contributed by atoms with E-state index < -0.39 is 4.92 Å². The van der Waals surface area contributed by atoms with Crippen LogP contribution in [0, 0.1) is 10.1 Å². The third kappa shape index (κ3) is 3.34. The summed E-state index contributed by atoms with van der Waals surface area (Å²) in [5, 5.41) is 14.6. The number of ether oxygens (including phenoxy) is 1. The van der Waals surface area contributed by atoms with E-state index in [0.29, 0.717) is 24.9 Å². The minimum atomic E-state index is -0.517. The zero-order chi connectivity index (χ0) is 17.1. The number of amides is 1. The molecule has 8 nitrogen and oxygen atoms in total. The van der Waals surface area contributed by atoms with Gasteiger partial charge < -0.3 is 15.0 Å². The van der Waals surface area contributed by atoms with Crippen molar-refractivity contribution in [2.75, 3.05) is 46.4 Å². The molecule has 1 unspecified atom stereocenters. The summed E-state index contributed by atoms with van der Waals surface area (Å²) in [6.45, 7) is 5.13. The Balaban J connectivity index is 1.76. The fourth-order valence-corrected chi connectivity index (χ4v) is 3.41. The van der Waals surface area contributed by atoms with E-state index in [1.54, 1.807) is 4.90 Å². The van der Waals surface area contributed by atoms with E-state index in [2.05, 4.69) is 10.2 Å². The highest BCUT2D eigenvalue weighted by Gasteiger charge is 2.33. The van der Waals surface area contributed by atoms with E-state index in [1.807, 2.05) is 0 Å². The lowest BCUT2D eigenvalue weighted by Gasteiger charge is -2.32. The van der Waals surface area contributed by atoms with Gasteiger partial charge in [-0.1, -0.05) is 0 Å². The van der Waals surface area contributed by atoms with Gasteiger partial charge in [-0.15, -0.1) is 0 Å². The summed E-state index contributed by atoms with van der Waals surface area (Å²) in [6, 6.07) is 4.62. The zero-order valence-electron chi connectivity index (χ0n) is 13.7. The Hall–Kier alpha value is -2.19. The van der Waals surface area contributed by atoms with Gasteiger partial charge in [-0.25, -0.2) is 0 Å². The first-order valence-corrected chi connectivity index (χ1v) is 8.16. The lowest BCUT2D eigenvalue weighted by atomic mass is 10.1. The van der Waals surface area contributed by atoms with Gasteiger partial charge in [0.05, 0.1) is 12.0 Å². The molecule has 1 atom stereocenters. The van der Waals surface area contributed by atoms with Crippen molar-refractivity contribution in [3.05, 3.63) is 33.9 Å². The van der Waals surface area contributed by atoms with Crippen LogP contribution in [0.15, 0.2) is 18.2 Å². The van der Waals surface area contributed by atoms with Crippen molar-refractivity contribution in [1.29, 1.82) is 0 Å². The van der Waals surface area contributed by atoms with Crippen LogP contribution >= 0.6 is 0 Å². The molecule has 2 aliphatic heterocycles. The maximum Gasteiger partial charge on any atom is 0.282 e. The first-order chi connectivity index (χ1) is 11.6. The molecule has 24 heavy (non-hydrogen) atoms. The number of carbonyl (C=O) groups is 1. The normalized spacial score (nSPS) is 21.7. The second-order valence-corrected chi connectivity index (χ2v) is 6.12. The molecule has 1 N–H and O–H groups in total. The van der Waals surface area contributed by atoms with Crippen LogP contribution in [0.3, 0.4) is 0 Å². The Labute approximate surface area is 140 Å². The molecule has 3 rings (SSSR count). The molecular weight excluding hydrogens is 312 g/mol. The Bertz CT molecular complexity index is 631. The fraction of sp³-hybridized carbons (Fsp3) is 0.562. The molecule has 2 saturated heterocycles. The Morgan fingerprint density at radius 3 is 2.75 bits per heavy atom. The predicted molar refractivity (Wildman–Crippen MR) is 88.4 cm³/mol. The van der Waals surface area contributed by atoms with Crippen molar-refractivity contribution >= 4 is 11.6 Å². The van der Waals surface area contributed by atoms with Crippen LogP contribution in [-0.2, 0) is 0 Å². The molecule has 8 heteroatoms. The summed E-state index contributed by atoms with van der Waals surface area (Å²) < 4.78 is 5.11. The second kappa shape index (κ2) is 7.14. The quantitative estimate of drug-likeness (QED) is 0.645. The number of nitrogens with zero attached hydrogens (tertiary/aromatic N) is 3. The van der Waals surface area contributed by atoms with Crippen molar-refractivity contribution in [2.45, 2.75) is 12.5 Å². The minimum absolute atomic E-state index is 0.0975. The molecule has 0 saturated carbocycles. The van der Waals surface area contributed by atoms with Gasteiger partial charge in [-0.05, 0) is 18.6 Å². The van der Waals surface area contributed by atoms with E-state index in [4.69, 9.17) is 4.74 Å². The zero-order valence-corrected chi connectivity index (χ0v) is 13.7. The summed E-state index contributed by atoms with van der Waals surface area (Å²) in [7, 11) is 1.48. The van der Waals surface area contributed by atoms with E-state index >= 15 is 0 Å². The van der Waals surface area contributed by atoms with Crippen molar-refractivity contribution in [3.63, 3.8) is 0 Å². The number of hydrogen-bond donors (Lipinski definition) is 1. The van der Waals surface area contributed by atoms with Gasteiger partial charge in [0, 0.05) is 51.4 Å². The van der Waals surface area contributed by atoms with Gasteiger partial charge in [-0.2, -0.15) is 0 Å². The number of carbonyl (C=O) groups excluding carboxylic acids is 1. The highest BCUT2D eigenvalue weighted by molar-refractivity contribution is 5.98. The van der Waals surface area contributed by atoms with Gasteiger partial charge in [0.15, 0.2) is 0 Å². The summed E-state index contributed by atoms with van der Waals surface area (Å²) >= 11 is 0. The van der Waals surface area contributed by atoms with Gasteiger partial charge >= 0.3 is 0 Å². The lowest BCUT2D eigenvalue weighted by molar-refractivity contribution is -0.385. The van der Waals surface area contributed by atoms with Crippen LogP contribution in [0.5, 0.6) is 5.75 Å². The number of nitro benzene ring substituents is 1. The lowest BCUT2D eigenvalue weighted by Crippen LogP contribution is -2.49. The van der Waals surface area contributed by atoms with Gasteiger partial charge in [0.2, 0.25) is 0 Å². The number of likely N-dealkylation sites (tertiary alicyclic amines) is 1. The molecule has 0 aliphatic carbocycles. The standard InChI is InChI=1S/C16H22N4O4/c1-24-13-2-3-15(20(22)23)14(10-13)16(21)19-7-4-12(11-19)18-8-5-17-6-9-18/h2-3,10,12,17H,4-9,11H2,1H3. The first kappa shape index (κ1) is 16.7. The van der Waals surface area contributed by atoms with E-state index in [0.717, 1.165) is 32.6 Å². The minimum Gasteiger partial charge on any atom is -0.497 e. The molecule has 0 radical (unpaired) electrons. The van der Waals surface area contributed by atoms with Gasteiger partial charge in [-0.3, -0.25) is 19.8 Å². The second-order valence-electron chi connectivity index (χ2n) is 6.12. The SMILES string of the molecule is COc1ccc([N+](=O)[O-])c(C(=O)N2CCC(N3CCNCC3)C2)c1. The first-order valence-electron chi connectivity index (χ1n) is 8.16. The molecule has 0 aromatic heterocycles. The highest BCUT2D eigenvalue weighted by Crippen LogP contribution is 2.27. The molecule has 2 fully saturated rings. The van der Waals surface area contributed by atoms with Crippen molar-refractivity contribution in [2.24, 2.45) is 0 Å². The van der Waals surface area contributed by atoms with Crippen LogP contribution in [0.4, 0.5) is 5.69 Å². The van der Waals surface area contributed by atoms with Gasteiger partial charge in [0.25, 0.3) is 11.6 Å². The number of methoxy groups -OCH3 is 1. The largest absolute Gasteiger partial charge is 0.497 e. The predicted octanol–water partition coefficient (Wildman–Crippen LogP) is 0.723. The van der Waals surface area contributed by atoms with Crippen molar-refractivity contribution < 1.29 is 14.5 Å². The van der Waals surface area contributed by atoms with Crippen LogP contribution in [0.1, 0.15) is 16.8 Å². The molecule has 2 aliphatic rings. The molecule has 1 amide bonds. The smallest absolute Gasteiger partial charge is 0.282 e. The Morgan fingerprint density at radius 2 is 2.08 bits per heavy atom. The molecule has 2 heterocycles. The topological polar surface area (TPSA) is 87.9 Å². The number of benzene rings is 1. The van der Waals surface area contributed by atoms with E-state index in [1.165, 1.54) is 25.3 Å². The summed E-state index contributed by atoms with van der Waals surface area (Å²) in [6.07, 6.45) is 0.906. The van der Waals surface area contributed by atoms with Crippen LogP contribution in [0.25, 0.3) is 0 Å². The average molecular weight is 334 g/mol. The van der Waals surface area contributed by atoms with E-state index in [-0.39, 0.29) is 17.2 Å². The summed E-state index contributed by atoms with van der Waals surface area (Å²) in [4.78, 5) is 27.6. The van der Waals surface area contributed by atoms with Crippen LogP contribution in [-0.4, -0.2) is 73.1 Å². The molecule has 1 aromatic rings.